The van der Waals surface area contributed by atoms with Crippen molar-refractivity contribution >= 4 is 17.5 Å². The zero-order valence-electron chi connectivity index (χ0n) is 11.0. The van der Waals surface area contributed by atoms with E-state index in [9.17, 15) is 4.79 Å². The number of carbonyl (C=O) groups is 1. The number of carbonyl (C=O) groups excluding carboxylic acids is 1. The predicted octanol–water partition coefficient (Wildman–Crippen LogP) is 2.56. The van der Waals surface area contributed by atoms with Crippen molar-refractivity contribution < 1.29 is 13.9 Å². The van der Waals surface area contributed by atoms with Crippen molar-refractivity contribution in [2.24, 2.45) is 5.84 Å². The SMILES string of the molecule is Cc1oc(COCc2cccc(Cl)c2)cc1C(=O)NN. The molecule has 0 aliphatic carbocycles. The second-order valence-corrected chi connectivity index (χ2v) is 4.72. The van der Waals surface area contributed by atoms with E-state index in [1.165, 1.54) is 0 Å². The zero-order valence-corrected chi connectivity index (χ0v) is 11.7. The first kappa shape index (κ1) is 14.6. The summed E-state index contributed by atoms with van der Waals surface area (Å²) in [5.74, 6) is 5.79. The van der Waals surface area contributed by atoms with Crippen LogP contribution in [0.25, 0.3) is 0 Å². The Morgan fingerprint density at radius 3 is 2.90 bits per heavy atom. The normalized spacial score (nSPS) is 10.6. The summed E-state index contributed by atoms with van der Waals surface area (Å²) >= 11 is 5.89. The minimum absolute atomic E-state index is 0.269. The molecule has 0 radical (unpaired) electrons. The quantitative estimate of drug-likeness (QED) is 0.505. The zero-order chi connectivity index (χ0) is 14.5. The first-order valence-corrected chi connectivity index (χ1v) is 6.40. The Morgan fingerprint density at radius 1 is 1.40 bits per heavy atom. The lowest BCUT2D eigenvalue weighted by molar-refractivity contribution is 0.0923. The molecule has 0 fully saturated rings. The van der Waals surface area contributed by atoms with E-state index in [-0.39, 0.29) is 12.5 Å². The van der Waals surface area contributed by atoms with Crippen LogP contribution in [-0.4, -0.2) is 5.91 Å². The highest BCUT2D eigenvalue weighted by Crippen LogP contribution is 2.16. The van der Waals surface area contributed by atoms with Gasteiger partial charge in [0, 0.05) is 5.02 Å². The smallest absolute Gasteiger partial charge is 0.268 e. The van der Waals surface area contributed by atoms with Crippen LogP contribution in [0.1, 0.15) is 27.4 Å². The van der Waals surface area contributed by atoms with Gasteiger partial charge in [0.15, 0.2) is 0 Å². The highest BCUT2D eigenvalue weighted by Gasteiger charge is 2.13. The van der Waals surface area contributed by atoms with E-state index in [1.807, 2.05) is 18.2 Å². The maximum atomic E-state index is 11.4. The number of nitrogens with one attached hydrogen (secondary N) is 1. The van der Waals surface area contributed by atoms with Crippen LogP contribution >= 0.6 is 11.6 Å². The van der Waals surface area contributed by atoms with E-state index in [0.717, 1.165) is 5.56 Å². The second-order valence-electron chi connectivity index (χ2n) is 4.28. The molecule has 0 aliphatic heterocycles. The molecule has 0 spiro atoms. The molecule has 106 valence electrons. The summed E-state index contributed by atoms with van der Waals surface area (Å²) in [7, 11) is 0. The molecule has 2 aromatic rings. The number of hydrogen-bond donors (Lipinski definition) is 2. The van der Waals surface area contributed by atoms with Crippen molar-refractivity contribution in [2.75, 3.05) is 0 Å². The molecule has 1 amide bonds. The largest absolute Gasteiger partial charge is 0.463 e. The summed E-state index contributed by atoms with van der Waals surface area (Å²) in [6.07, 6.45) is 0. The highest BCUT2D eigenvalue weighted by molar-refractivity contribution is 6.30. The number of amides is 1. The van der Waals surface area contributed by atoms with Gasteiger partial charge in [0.2, 0.25) is 0 Å². The van der Waals surface area contributed by atoms with Gasteiger partial charge in [0.1, 0.15) is 18.1 Å². The molecule has 1 aromatic carbocycles. The van der Waals surface area contributed by atoms with Crippen LogP contribution < -0.4 is 11.3 Å². The predicted molar refractivity (Wildman–Crippen MR) is 75.0 cm³/mol. The van der Waals surface area contributed by atoms with Crippen molar-refractivity contribution in [3.63, 3.8) is 0 Å². The Morgan fingerprint density at radius 2 is 2.20 bits per heavy atom. The van der Waals surface area contributed by atoms with Crippen LogP contribution in [0.15, 0.2) is 34.7 Å². The molecule has 0 bridgehead atoms. The number of ether oxygens (including phenoxy) is 1. The molecule has 0 atom stereocenters. The molecule has 20 heavy (non-hydrogen) atoms. The van der Waals surface area contributed by atoms with Gasteiger partial charge in [-0.15, -0.1) is 0 Å². The van der Waals surface area contributed by atoms with Crippen LogP contribution in [0, 0.1) is 6.92 Å². The summed E-state index contributed by atoms with van der Waals surface area (Å²) in [5, 5.41) is 0.668. The second kappa shape index (κ2) is 6.56. The average molecular weight is 295 g/mol. The van der Waals surface area contributed by atoms with Gasteiger partial charge in [-0.2, -0.15) is 0 Å². The first-order valence-electron chi connectivity index (χ1n) is 6.02. The van der Waals surface area contributed by atoms with Crippen LogP contribution in [0.2, 0.25) is 5.02 Å². The Kier molecular flexibility index (Phi) is 4.79. The van der Waals surface area contributed by atoms with Crippen molar-refractivity contribution in [1.29, 1.82) is 0 Å². The maximum Gasteiger partial charge on any atom is 0.268 e. The number of furan rings is 1. The molecule has 1 heterocycles. The number of aryl methyl sites for hydroxylation is 1. The third-order valence-electron chi connectivity index (χ3n) is 2.75. The summed E-state index contributed by atoms with van der Waals surface area (Å²) in [6.45, 7) is 2.38. The molecular weight excluding hydrogens is 280 g/mol. The fourth-order valence-corrected chi connectivity index (χ4v) is 2.03. The van der Waals surface area contributed by atoms with Crippen molar-refractivity contribution in [1.82, 2.24) is 5.43 Å². The van der Waals surface area contributed by atoms with Gasteiger partial charge in [-0.25, -0.2) is 5.84 Å². The van der Waals surface area contributed by atoms with Gasteiger partial charge < -0.3 is 9.15 Å². The van der Waals surface area contributed by atoms with Crippen molar-refractivity contribution in [2.45, 2.75) is 20.1 Å². The van der Waals surface area contributed by atoms with E-state index in [4.69, 9.17) is 26.6 Å². The topological polar surface area (TPSA) is 77.5 Å². The number of nitrogens with two attached hydrogens (primary N) is 1. The Bertz CT molecular complexity index is 610. The number of rotatable bonds is 5. The number of benzene rings is 1. The molecule has 0 aliphatic rings. The van der Waals surface area contributed by atoms with E-state index >= 15 is 0 Å². The Hall–Kier alpha value is -1.82. The molecule has 0 saturated carbocycles. The van der Waals surface area contributed by atoms with Gasteiger partial charge in [0.25, 0.3) is 5.91 Å². The summed E-state index contributed by atoms with van der Waals surface area (Å²) in [4.78, 5) is 11.4. The Balaban J connectivity index is 1.93. The van der Waals surface area contributed by atoms with Crippen molar-refractivity contribution in [3.05, 3.63) is 58.0 Å². The van der Waals surface area contributed by atoms with Gasteiger partial charge >= 0.3 is 0 Å². The highest BCUT2D eigenvalue weighted by atomic mass is 35.5. The number of nitrogen functional groups attached to an aromatic ring is 1. The number of hydrazine groups is 1. The minimum Gasteiger partial charge on any atom is -0.463 e. The Labute approximate surface area is 121 Å². The van der Waals surface area contributed by atoms with E-state index < -0.39 is 0 Å². The lowest BCUT2D eigenvalue weighted by atomic mass is 10.2. The maximum absolute atomic E-state index is 11.4. The lowest BCUT2D eigenvalue weighted by Gasteiger charge is -2.02. The van der Waals surface area contributed by atoms with E-state index in [0.29, 0.717) is 28.7 Å². The van der Waals surface area contributed by atoms with Crippen LogP contribution in [0.3, 0.4) is 0 Å². The minimum atomic E-state index is -0.382. The fourth-order valence-electron chi connectivity index (χ4n) is 1.81. The lowest BCUT2D eigenvalue weighted by Crippen LogP contribution is -2.30. The standard InChI is InChI=1S/C14H15ClN2O3/c1-9-13(14(18)17-16)6-12(20-9)8-19-7-10-3-2-4-11(15)5-10/h2-6H,7-8,16H2,1H3,(H,17,18). The van der Waals surface area contributed by atoms with Gasteiger partial charge in [-0.05, 0) is 30.7 Å². The fraction of sp³-hybridized carbons (Fsp3) is 0.214. The van der Waals surface area contributed by atoms with Crippen LogP contribution in [-0.2, 0) is 18.0 Å². The van der Waals surface area contributed by atoms with Crippen molar-refractivity contribution in [3.8, 4) is 0 Å². The molecule has 5 nitrogen and oxygen atoms in total. The molecule has 3 N–H and O–H groups in total. The van der Waals surface area contributed by atoms with Crippen LogP contribution in [0.5, 0.6) is 0 Å². The summed E-state index contributed by atoms with van der Waals surface area (Å²) in [5.41, 5.74) is 3.45. The average Bonchev–Trinajstić information content (AvgIpc) is 2.79. The summed E-state index contributed by atoms with van der Waals surface area (Å²) < 4.78 is 11.0. The number of hydrogen-bond acceptors (Lipinski definition) is 4. The number of halogens is 1. The van der Waals surface area contributed by atoms with Gasteiger partial charge in [0.05, 0.1) is 12.2 Å². The first-order chi connectivity index (χ1) is 9.60. The van der Waals surface area contributed by atoms with Crippen LogP contribution in [0.4, 0.5) is 0 Å². The molecule has 0 saturated heterocycles. The molecule has 0 unspecified atom stereocenters. The summed E-state index contributed by atoms with van der Waals surface area (Å²) in [6, 6.07) is 9.05. The monoisotopic (exact) mass is 294 g/mol. The van der Waals surface area contributed by atoms with Gasteiger partial charge in [-0.1, -0.05) is 23.7 Å². The van der Waals surface area contributed by atoms with Gasteiger partial charge in [-0.3, -0.25) is 10.2 Å². The molecule has 2 rings (SSSR count). The van der Waals surface area contributed by atoms with E-state index in [1.54, 1.807) is 19.1 Å². The molecule has 6 heteroatoms. The third kappa shape index (κ3) is 3.60. The molecular formula is C14H15ClN2O3. The third-order valence-corrected chi connectivity index (χ3v) is 2.98. The molecule has 1 aromatic heterocycles. The van der Waals surface area contributed by atoms with E-state index in [2.05, 4.69) is 5.43 Å².